The summed E-state index contributed by atoms with van der Waals surface area (Å²) in [5.74, 6) is 1.19. The van der Waals surface area contributed by atoms with Gasteiger partial charge in [-0.3, -0.25) is 4.79 Å². The Labute approximate surface area is 195 Å². The third-order valence-corrected chi connectivity index (χ3v) is 5.96. The lowest BCUT2D eigenvalue weighted by Crippen LogP contribution is -2.39. The number of thiophene rings is 1. The Morgan fingerprint density at radius 1 is 1.24 bits per heavy atom. The van der Waals surface area contributed by atoms with E-state index in [1.54, 1.807) is 11.3 Å². The number of amides is 1. The highest BCUT2D eigenvalue weighted by molar-refractivity contribution is 14.0. The van der Waals surface area contributed by atoms with Crippen molar-refractivity contribution in [1.82, 2.24) is 15.1 Å². The molecule has 2 heterocycles. The SMILES string of the molecule is CCNC(=NCc1ccccc1CN1CCCC1=O)N(C)CCc1cccs1.I. The van der Waals surface area contributed by atoms with Crippen LogP contribution in [0.5, 0.6) is 0 Å². The minimum Gasteiger partial charge on any atom is -0.357 e. The van der Waals surface area contributed by atoms with E-state index in [1.807, 2.05) is 17.0 Å². The molecule has 0 aliphatic carbocycles. The number of halogens is 1. The van der Waals surface area contributed by atoms with E-state index in [4.69, 9.17) is 4.99 Å². The highest BCUT2D eigenvalue weighted by Gasteiger charge is 2.20. The predicted octanol–water partition coefficient (Wildman–Crippen LogP) is 4.13. The fourth-order valence-corrected chi connectivity index (χ4v) is 4.11. The van der Waals surface area contributed by atoms with Crippen molar-refractivity contribution in [3.8, 4) is 0 Å². The van der Waals surface area contributed by atoms with Gasteiger partial charge < -0.3 is 15.1 Å². The maximum Gasteiger partial charge on any atom is 0.222 e. The Morgan fingerprint density at radius 3 is 2.69 bits per heavy atom. The molecule has 0 atom stereocenters. The third kappa shape index (κ3) is 6.99. The Hall–Kier alpha value is -1.61. The van der Waals surface area contributed by atoms with Gasteiger partial charge in [0.2, 0.25) is 5.91 Å². The fourth-order valence-electron chi connectivity index (χ4n) is 3.41. The number of rotatable bonds is 8. The minimum absolute atomic E-state index is 0. The molecule has 1 fully saturated rings. The summed E-state index contributed by atoms with van der Waals surface area (Å²) in [5, 5.41) is 5.52. The van der Waals surface area contributed by atoms with Crippen LogP contribution in [0.3, 0.4) is 0 Å². The molecule has 1 aliphatic rings. The minimum atomic E-state index is 0. The number of likely N-dealkylation sites (tertiary alicyclic amines) is 1. The quantitative estimate of drug-likeness (QED) is 0.320. The molecule has 3 rings (SSSR count). The van der Waals surface area contributed by atoms with E-state index >= 15 is 0 Å². The van der Waals surface area contributed by atoms with Crippen molar-refractivity contribution < 1.29 is 4.79 Å². The highest BCUT2D eigenvalue weighted by atomic mass is 127. The van der Waals surface area contributed by atoms with Gasteiger partial charge in [0.15, 0.2) is 5.96 Å². The molecule has 158 valence electrons. The second-order valence-corrected chi connectivity index (χ2v) is 8.14. The topological polar surface area (TPSA) is 47.9 Å². The van der Waals surface area contributed by atoms with E-state index < -0.39 is 0 Å². The van der Waals surface area contributed by atoms with Crippen LogP contribution in [0, 0.1) is 0 Å². The first-order chi connectivity index (χ1) is 13.7. The average Bonchev–Trinajstić information content (AvgIpc) is 3.36. The first-order valence-corrected chi connectivity index (χ1v) is 10.9. The summed E-state index contributed by atoms with van der Waals surface area (Å²) < 4.78 is 0. The van der Waals surface area contributed by atoms with Crippen LogP contribution in [0.2, 0.25) is 0 Å². The van der Waals surface area contributed by atoms with Crippen molar-refractivity contribution in [2.24, 2.45) is 4.99 Å². The largest absolute Gasteiger partial charge is 0.357 e. The lowest BCUT2D eigenvalue weighted by Gasteiger charge is -2.22. The van der Waals surface area contributed by atoms with Crippen molar-refractivity contribution in [2.75, 3.05) is 26.7 Å². The van der Waals surface area contributed by atoms with Gasteiger partial charge in [0.1, 0.15) is 0 Å². The van der Waals surface area contributed by atoms with Crippen LogP contribution in [-0.2, 0) is 24.3 Å². The van der Waals surface area contributed by atoms with Gasteiger partial charge in [-0.2, -0.15) is 0 Å². The van der Waals surface area contributed by atoms with Gasteiger partial charge >= 0.3 is 0 Å². The zero-order chi connectivity index (χ0) is 19.8. The van der Waals surface area contributed by atoms with Crippen LogP contribution in [-0.4, -0.2) is 48.3 Å². The number of carbonyl (C=O) groups excluding carboxylic acids is 1. The molecule has 1 saturated heterocycles. The maximum atomic E-state index is 12.0. The number of carbonyl (C=O) groups is 1. The van der Waals surface area contributed by atoms with E-state index in [9.17, 15) is 4.79 Å². The second-order valence-electron chi connectivity index (χ2n) is 7.11. The molecule has 0 saturated carbocycles. The van der Waals surface area contributed by atoms with Crippen molar-refractivity contribution in [1.29, 1.82) is 0 Å². The summed E-state index contributed by atoms with van der Waals surface area (Å²) in [7, 11) is 2.09. The van der Waals surface area contributed by atoms with E-state index in [2.05, 4.69) is 53.8 Å². The molecule has 0 spiro atoms. The Bertz CT molecular complexity index is 794. The molecule has 0 bridgehead atoms. The fraction of sp³-hybridized carbons (Fsp3) is 0.455. The summed E-state index contributed by atoms with van der Waals surface area (Å²) >= 11 is 1.80. The Balaban J connectivity index is 0.00000300. The molecule has 29 heavy (non-hydrogen) atoms. The number of nitrogens with one attached hydrogen (secondary N) is 1. The molecule has 1 N–H and O–H groups in total. The number of nitrogens with zero attached hydrogens (tertiary/aromatic N) is 3. The Kier molecular flexibility index (Phi) is 9.93. The molecule has 0 radical (unpaired) electrons. The van der Waals surface area contributed by atoms with Gasteiger partial charge in [-0.1, -0.05) is 30.3 Å². The lowest BCUT2D eigenvalue weighted by molar-refractivity contribution is -0.128. The molecule has 1 aliphatic heterocycles. The molecule has 1 aromatic carbocycles. The average molecular weight is 526 g/mol. The lowest BCUT2D eigenvalue weighted by atomic mass is 10.1. The highest BCUT2D eigenvalue weighted by Crippen LogP contribution is 2.18. The van der Waals surface area contributed by atoms with Gasteiger partial charge in [0.05, 0.1) is 6.54 Å². The van der Waals surface area contributed by atoms with E-state index in [0.29, 0.717) is 19.5 Å². The molecule has 2 aromatic rings. The monoisotopic (exact) mass is 526 g/mol. The van der Waals surface area contributed by atoms with Crippen molar-refractivity contribution in [3.63, 3.8) is 0 Å². The first kappa shape index (κ1) is 23.7. The summed E-state index contributed by atoms with van der Waals surface area (Å²) in [4.78, 5) is 22.4. The number of aliphatic imine (C=N–C) groups is 1. The van der Waals surface area contributed by atoms with Gasteiger partial charge in [0.25, 0.3) is 0 Å². The van der Waals surface area contributed by atoms with Crippen LogP contribution in [0.4, 0.5) is 0 Å². The molecular weight excluding hydrogens is 495 g/mol. The molecule has 5 nitrogen and oxygen atoms in total. The first-order valence-electron chi connectivity index (χ1n) is 10.0. The molecule has 0 unspecified atom stereocenters. The van der Waals surface area contributed by atoms with Crippen molar-refractivity contribution in [2.45, 2.75) is 39.3 Å². The number of benzene rings is 1. The van der Waals surface area contributed by atoms with Gasteiger partial charge in [-0.05, 0) is 42.3 Å². The van der Waals surface area contributed by atoms with E-state index in [1.165, 1.54) is 16.0 Å². The van der Waals surface area contributed by atoms with E-state index in [-0.39, 0.29) is 29.9 Å². The third-order valence-electron chi connectivity index (χ3n) is 5.02. The smallest absolute Gasteiger partial charge is 0.222 e. The van der Waals surface area contributed by atoms with Crippen molar-refractivity contribution in [3.05, 3.63) is 57.8 Å². The summed E-state index contributed by atoms with van der Waals surface area (Å²) in [6.45, 7) is 6.03. The molecule has 7 heteroatoms. The van der Waals surface area contributed by atoms with Crippen LogP contribution >= 0.6 is 35.3 Å². The molecular formula is C22H31IN4OS. The molecule has 1 amide bonds. The normalized spacial score (nSPS) is 14.1. The summed E-state index contributed by atoms with van der Waals surface area (Å²) in [6, 6.07) is 12.6. The second kappa shape index (κ2) is 12.2. The zero-order valence-corrected chi connectivity index (χ0v) is 20.4. The summed E-state index contributed by atoms with van der Waals surface area (Å²) in [6.07, 6.45) is 2.67. The number of guanidine groups is 1. The molecule has 1 aromatic heterocycles. The van der Waals surface area contributed by atoms with Crippen LogP contribution in [0.25, 0.3) is 0 Å². The standard InChI is InChI=1S/C22H30N4OS.HI/c1-3-23-22(25(2)14-12-20-10-7-15-28-20)24-16-18-8-4-5-9-19(18)17-26-13-6-11-21(26)27;/h4-5,7-10,15H,3,6,11-14,16-17H2,1-2H3,(H,23,24);1H. The van der Waals surface area contributed by atoms with Crippen molar-refractivity contribution >= 4 is 47.2 Å². The number of hydrogen-bond donors (Lipinski definition) is 1. The van der Waals surface area contributed by atoms with Gasteiger partial charge in [-0.25, -0.2) is 4.99 Å². The maximum absolute atomic E-state index is 12.0. The number of hydrogen-bond acceptors (Lipinski definition) is 3. The predicted molar refractivity (Wildman–Crippen MR) is 132 cm³/mol. The number of likely N-dealkylation sites (N-methyl/N-ethyl adjacent to an activating group) is 1. The van der Waals surface area contributed by atoms with Crippen LogP contribution in [0.1, 0.15) is 35.8 Å². The summed E-state index contributed by atoms with van der Waals surface area (Å²) in [5.41, 5.74) is 2.38. The van der Waals surface area contributed by atoms with Crippen LogP contribution in [0.15, 0.2) is 46.8 Å². The van der Waals surface area contributed by atoms with Crippen LogP contribution < -0.4 is 5.32 Å². The van der Waals surface area contributed by atoms with Gasteiger partial charge in [-0.15, -0.1) is 35.3 Å². The Morgan fingerprint density at radius 2 is 2.03 bits per heavy atom. The van der Waals surface area contributed by atoms with Gasteiger partial charge in [0, 0.05) is 44.5 Å². The van der Waals surface area contributed by atoms with E-state index in [0.717, 1.165) is 38.4 Å². The zero-order valence-electron chi connectivity index (χ0n) is 17.3.